The summed E-state index contributed by atoms with van der Waals surface area (Å²) >= 11 is 0. The number of piperidine rings is 1. The molecule has 12 nitrogen and oxygen atoms in total. The number of aryl methyl sites for hydroxylation is 2. The van der Waals surface area contributed by atoms with Crippen molar-refractivity contribution >= 4 is 21.8 Å². The lowest BCUT2D eigenvalue weighted by atomic mass is 9.96. The van der Waals surface area contributed by atoms with Crippen molar-refractivity contribution in [2.75, 3.05) is 24.5 Å². The number of imidazole rings is 2. The summed E-state index contributed by atoms with van der Waals surface area (Å²) in [4.78, 5) is 25.2. The minimum absolute atomic E-state index is 0.0541. The number of likely N-dealkylation sites (tertiary alicyclic amines) is 1. The Labute approximate surface area is 266 Å². The lowest BCUT2D eigenvalue weighted by Gasteiger charge is -2.37. The number of carbonyl (C=O) groups is 1. The molecule has 0 unspecified atom stereocenters. The van der Waals surface area contributed by atoms with Gasteiger partial charge in [-0.1, -0.05) is 0 Å². The van der Waals surface area contributed by atoms with Crippen LogP contribution < -0.4 is 4.90 Å². The van der Waals surface area contributed by atoms with Crippen molar-refractivity contribution in [2.45, 2.75) is 82.1 Å². The number of rotatable bonds is 9. The van der Waals surface area contributed by atoms with Gasteiger partial charge in [-0.15, -0.1) is 0 Å². The Morgan fingerprint density at radius 3 is 2.33 bits per heavy atom. The van der Waals surface area contributed by atoms with Crippen LogP contribution in [0.2, 0.25) is 0 Å². The predicted octanol–water partition coefficient (Wildman–Crippen LogP) is 4.29. The third kappa shape index (κ3) is 7.68. The smallest absolute Gasteiger partial charge is 0.410 e. The van der Waals surface area contributed by atoms with Crippen molar-refractivity contribution in [2.24, 2.45) is 20.0 Å². The summed E-state index contributed by atoms with van der Waals surface area (Å²) in [6.45, 7) is 7.60. The highest BCUT2D eigenvalue weighted by Gasteiger charge is 2.41. The number of nitrogens with zero attached hydrogens (tertiary/aromatic N) is 8. The molecule has 45 heavy (non-hydrogen) atoms. The van der Waals surface area contributed by atoms with E-state index in [4.69, 9.17) is 4.74 Å². The van der Waals surface area contributed by atoms with Gasteiger partial charge < -0.3 is 23.7 Å². The molecule has 1 aromatic carbocycles. The first-order valence-corrected chi connectivity index (χ1v) is 17.0. The van der Waals surface area contributed by atoms with Gasteiger partial charge in [-0.05, 0) is 83.1 Å². The standard InChI is InChI=1S/C32H44N8O4S/c1-32(2,3)44-31(41)38-14-12-25(13-15-38)19-40(45(42,43)30-21-36(4)23-35-30)28-11-10-27(16-28)39(20-29-18-34-22-37(29)5)26-8-6-24(17-33)7-9-26/h6-9,18,21-23,25,27-28H,10-16,19-20H2,1-5H3/t27-,28+/m1/s1. The SMILES string of the molecule is Cn1cnc(S(=O)(=O)N(CC2CCN(C(=O)OC(C)(C)C)CC2)[C@H]2CC[C@@H](N(Cc3cncn3C)c3ccc(C#N)cc3)C2)c1. The molecule has 0 N–H and O–H groups in total. The highest BCUT2D eigenvalue weighted by molar-refractivity contribution is 7.89. The summed E-state index contributed by atoms with van der Waals surface area (Å²) in [7, 11) is -0.138. The fourth-order valence-electron chi connectivity index (χ4n) is 6.31. The first-order valence-electron chi connectivity index (χ1n) is 15.5. The topological polar surface area (TPSA) is 130 Å². The van der Waals surface area contributed by atoms with Gasteiger partial charge in [0, 0.05) is 63.9 Å². The summed E-state index contributed by atoms with van der Waals surface area (Å²) in [5.41, 5.74) is 2.05. The van der Waals surface area contributed by atoms with Gasteiger partial charge in [-0.2, -0.15) is 9.57 Å². The van der Waals surface area contributed by atoms with Crippen LogP contribution in [0.3, 0.4) is 0 Å². The zero-order valence-corrected chi connectivity index (χ0v) is 27.7. The average molecular weight is 637 g/mol. The minimum atomic E-state index is -3.87. The zero-order chi connectivity index (χ0) is 32.4. The number of hydrogen-bond donors (Lipinski definition) is 0. The van der Waals surface area contributed by atoms with Crippen LogP contribution in [0.4, 0.5) is 10.5 Å². The van der Waals surface area contributed by atoms with Crippen LogP contribution in [0.1, 0.15) is 64.1 Å². The van der Waals surface area contributed by atoms with Crippen molar-refractivity contribution in [1.29, 1.82) is 5.26 Å². The zero-order valence-electron chi connectivity index (χ0n) is 26.8. The molecule has 0 bridgehead atoms. The number of benzene rings is 1. The van der Waals surface area contributed by atoms with Crippen molar-refractivity contribution < 1.29 is 17.9 Å². The molecule has 3 aromatic rings. The van der Waals surface area contributed by atoms with Crippen molar-refractivity contribution in [3.05, 3.63) is 60.6 Å². The average Bonchev–Trinajstić information content (AvgIpc) is 3.76. The van der Waals surface area contributed by atoms with E-state index >= 15 is 0 Å². The van der Waals surface area contributed by atoms with Gasteiger partial charge in [0.15, 0.2) is 5.03 Å². The molecule has 0 spiro atoms. The van der Waals surface area contributed by atoms with Gasteiger partial charge in [-0.25, -0.2) is 23.2 Å². The molecule has 1 aliphatic heterocycles. The predicted molar refractivity (Wildman–Crippen MR) is 170 cm³/mol. The van der Waals surface area contributed by atoms with Crippen LogP contribution >= 0.6 is 0 Å². The van der Waals surface area contributed by atoms with E-state index in [2.05, 4.69) is 20.9 Å². The Kier molecular flexibility index (Phi) is 9.55. The van der Waals surface area contributed by atoms with Gasteiger partial charge in [-0.3, -0.25) is 0 Å². The van der Waals surface area contributed by atoms with Crippen molar-refractivity contribution in [3.8, 4) is 6.07 Å². The van der Waals surface area contributed by atoms with Crippen LogP contribution in [-0.2, 0) is 35.4 Å². The number of nitriles is 1. The fraction of sp³-hybridized carbons (Fsp3) is 0.562. The second-order valence-electron chi connectivity index (χ2n) is 13.3. The molecule has 1 aliphatic carbocycles. The first kappa shape index (κ1) is 32.5. The van der Waals surface area contributed by atoms with E-state index in [-0.39, 0.29) is 29.1 Å². The lowest BCUT2D eigenvalue weighted by molar-refractivity contribution is 0.0175. The number of sulfonamides is 1. The molecule has 13 heteroatoms. The van der Waals surface area contributed by atoms with E-state index in [1.165, 1.54) is 6.33 Å². The summed E-state index contributed by atoms with van der Waals surface area (Å²) < 4.78 is 39.2. The summed E-state index contributed by atoms with van der Waals surface area (Å²) in [6.07, 6.45) is 9.95. The molecule has 2 atom stereocenters. The second-order valence-corrected chi connectivity index (χ2v) is 15.1. The third-order valence-corrected chi connectivity index (χ3v) is 10.6. The van der Waals surface area contributed by atoms with E-state index < -0.39 is 15.6 Å². The molecular formula is C32H44N8O4S. The lowest BCUT2D eigenvalue weighted by Crippen LogP contribution is -2.47. The van der Waals surface area contributed by atoms with E-state index in [0.717, 1.165) is 17.8 Å². The number of carbonyl (C=O) groups excluding carboxylic acids is 1. The molecule has 1 saturated heterocycles. The molecule has 1 saturated carbocycles. The molecular weight excluding hydrogens is 592 g/mol. The minimum Gasteiger partial charge on any atom is -0.444 e. The maximum Gasteiger partial charge on any atom is 0.410 e. The van der Waals surface area contributed by atoms with Gasteiger partial charge in [0.1, 0.15) is 5.60 Å². The van der Waals surface area contributed by atoms with E-state index in [0.29, 0.717) is 57.4 Å². The largest absolute Gasteiger partial charge is 0.444 e. The summed E-state index contributed by atoms with van der Waals surface area (Å²) in [5, 5.41) is 9.40. The van der Waals surface area contributed by atoms with Crippen LogP contribution in [0.25, 0.3) is 0 Å². The highest BCUT2D eigenvalue weighted by Crippen LogP contribution is 2.36. The summed E-state index contributed by atoms with van der Waals surface area (Å²) in [5.74, 6) is 0.102. The second kappa shape index (κ2) is 13.2. The molecule has 0 radical (unpaired) electrons. The van der Waals surface area contributed by atoms with Gasteiger partial charge in [0.2, 0.25) is 0 Å². The number of amides is 1. The summed E-state index contributed by atoms with van der Waals surface area (Å²) in [6, 6.07) is 9.62. The third-order valence-electron chi connectivity index (χ3n) is 8.76. The van der Waals surface area contributed by atoms with Crippen LogP contribution in [0.15, 0.2) is 54.3 Å². The number of anilines is 1. The monoisotopic (exact) mass is 636 g/mol. The molecule has 1 amide bonds. The molecule has 2 aliphatic rings. The highest BCUT2D eigenvalue weighted by atomic mass is 32.2. The van der Waals surface area contributed by atoms with Crippen molar-refractivity contribution in [3.63, 3.8) is 0 Å². The maximum absolute atomic E-state index is 14.2. The van der Waals surface area contributed by atoms with E-state index in [1.807, 2.05) is 62.8 Å². The Morgan fingerprint density at radius 2 is 1.76 bits per heavy atom. The Morgan fingerprint density at radius 1 is 1.07 bits per heavy atom. The van der Waals surface area contributed by atoms with Crippen LogP contribution in [0, 0.1) is 17.2 Å². The Balaban J connectivity index is 1.36. The number of ether oxygens (including phenoxy) is 1. The number of aromatic nitrogens is 4. The normalized spacial score (nSPS) is 19.5. The molecule has 5 rings (SSSR count). The molecule has 3 heterocycles. The van der Waals surface area contributed by atoms with E-state index in [9.17, 15) is 18.5 Å². The quantitative estimate of drug-likeness (QED) is 0.340. The van der Waals surface area contributed by atoms with Gasteiger partial charge in [0.05, 0.1) is 36.5 Å². The molecule has 242 valence electrons. The number of hydrogen-bond acceptors (Lipinski definition) is 8. The molecule has 2 fully saturated rings. The van der Waals surface area contributed by atoms with Crippen LogP contribution in [-0.4, -0.2) is 80.1 Å². The molecule has 2 aromatic heterocycles. The van der Waals surface area contributed by atoms with Crippen LogP contribution in [0.5, 0.6) is 0 Å². The van der Waals surface area contributed by atoms with E-state index in [1.54, 1.807) is 33.3 Å². The Bertz CT molecular complexity index is 1610. The maximum atomic E-state index is 14.2. The van der Waals surface area contributed by atoms with Gasteiger partial charge >= 0.3 is 6.09 Å². The Hall–Kier alpha value is -3.89. The van der Waals surface area contributed by atoms with Crippen molar-refractivity contribution in [1.82, 2.24) is 28.3 Å². The van der Waals surface area contributed by atoms with Gasteiger partial charge in [0.25, 0.3) is 10.0 Å². The fourth-order valence-corrected chi connectivity index (χ4v) is 8.03. The first-order chi connectivity index (χ1) is 21.3.